The SMILES string of the molecule is CCCCCCCCCCC(CCCCCCC(=O)OC(CCCCCCCC)CCCCCCCC)C(C)C. The van der Waals surface area contributed by atoms with E-state index in [1.54, 1.807) is 0 Å². The van der Waals surface area contributed by atoms with Gasteiger partial charge in [0.15, 0.2) is 0 Å². The van der Waals surface area contributed by atoms with Crippen LogP contribution in [0.25, 0.3) is 0 Å². The highest BCUT2D eigenvalue weighted by Gasteiger charge is 2.15. The quantitative estimate of drug-likeness (QED) is 0.0600. The summed E-state index contributed by atoms with van der Waals surface area (Å²) in [6.07, 6.45) is 37.5. The normalized spacial score (nSPS) is 12.5. The number of ether oxygens (including phenoxy) is 1. The molecule has 0 rings (SSSR count). The highest BCUT2D eigenvalue weighted by Crippen LogP contribution is 2.26. The molecule has 1 atom stereocenters. The maximum atomic E-state index is 12.7. The lowest BCUT2D eigenvalue weighted by atomic mass is 9.85. The molecule has 240 valence electrons. The Labute approximate surface area is 254 Å². The molecule has 0 N–H and O–H groups in total. The summed E-state index contributed by atoms with van der Waals surface area (Å²) in [7, 11) is 0. The molecule has 0 aliphatic rings. The predicted octanol–water partition coefficient (Wildman–Crippen LogP) is 13.5. The van der Waals surface area contributed by atoms with Crippen molar-refractivity contribution in [3.63, 3.8) is 0 Å². The van der Waals surface area contributed by atoms with Gasteiger partial charge in [-0.05, 0) is 43.9 Å². The second kappa shape index (κ2) is 31.4. The molecule has 0 aromatic heterocycles. The van der Waals surface area contributed by atoms with Gasteiger partial charge in [-0.15, -0.1) is 0 Å². The van der Waals surface area contributed by atoms with E-state index in [0.29, 0.717) is 6.42 Å². The van der Waals surface area contributed by atoms with E-state index in [2.05, 4.69) is 34.6 Å². The third-order valence-electron chi connectivity index (χ3n) is 9.13. The van der Waals surface area contributed by atoms with E-state index < -0.39 is 0 Å². The van der Waals surface area contributed by atoms with Crippen LogP contribution in [-0.4, -0.2) is 12.1 Å². The van der Waals surface area contributed by atoms with Crippen LogP contribution >= 0.6 is 0 Å². The van der Waals surface area contributed by atoms with Crippen LogP contribution in [-0.2, 0) is 9.53 Å². The fraction of sp³-hybridized carbons (Fsp3) is 0.974. The van der Waals surface area contributed by atoms with Crippen LogP contribution in [0.1, 0.15) is 221 Å². The number of rotatable bonds is 32. The maximum Gasteiger partial charge on any atom is 0.306 e. The second-order valence-corrected chi connectivity index (χ2v) is 13.4. The fourth-order valence-corrected chi connectivity index (χ4v) is 6.19. The molecule has 0 spiro atoms. The number of carbonyl (C=O) groups excluding carboxylic acids is 1. The van der Waals surface area contributed by atoms with E-state index in [4.69, 9.17) is 4.74 Å². The van der Waals surface area contributed by atoms with Crippen molar-refractivity contribution in [2.24, 2.45) is 11.8 Å². The van der Waals surface area contributed by atoms with E-state index in [9.17, 15) is 4.79 Å². The summed E-state index contributed by atoms with van der Waals surface area (Å²) in [4.78, 5) is 12.7. The van der Waals surface area contributed by atoms with Crippen LogP contribution in [0.5, 0.6) is 0 Å². The van der Waals surface area contributed by atoms with Gasteiger partial charge in [0, 0.05) is 6.42 Å². The average Bonchev–Trinajstić information content (AvgIpc) is 2.94. The van der Waals surface area contributed by atoms with E-state index >= 15 is 0 Å². The van der Waals surface area contributed by atoms with E-state index in [0.717, 1.165) is 31.1 Å². The smallest absolute Gasteiger partial charge is 0.306 e. The van der Waals surface area contributed by atoms with Gasteiger partial charge in [0.1, 0.15) is 6.10 Å². The van der Waals surface area contributed by atoms with Crippen LogP contribution in [0.15, 0.2) is 0 Å². The monoisotopic (exact) mass is 565 g/mol. The molecule has 0 heterocycles. The zero-order chi connectivity index (χ0) is 29.5. The van der Waals surface area contributed by atoms with Crippen molar-refractivity contribution in [3.05, 3.63) is 0 Å². The first-order valence-electron chi connectivity index (χ1n) is 18.7. The summed E-state index contributed by atoms with van der Waals surface area (Å²) in [6, 6.07) is 0. The first-order valence-corrected chi connectivity index (χ1v) is 18.7. The minimum Gasteiger partial charge on any atom is -0.462 e. The number of unbranched alkanes of at least 4 members (excludes halogenated alkanes) is 20. The van der Waals surface area contributed by atoms with Crippen LogP contribution in [0.3, 0.4) is 0 Å². The minimum absolute atomic E-state index is 0.0664. The zero-order valence-corrected chi connectivity index (χ0v) is 28.6. The molecule has 0 aliphatic heterocycles. The van der Waals surface area contributed by atoms with Crippen molar-refractivity contribution in [2.45, 2.75) is 227 Å². The topological polar surface area (TPSA) is 26.3 Å². The van der Waals surface area contributed by atoms with Crippen LogP contribution in [0.2, 0.25) is 0 Å². The lowest BCUT2D eigenvalue weighted by Gasteiger charge is -2.21. The Morgan fingerprint density at radius 2 is 0.775 bits per heavy atom. The molecule has 0 amide bonds. The highest BCUT2D eigenvalue weighted by molar-refractivity contribution is 5.69. The summed E-state index contributed by atoms with van der Waals surface area (Å²) in [5.41, 5.74) is 0. The average molecular weight is 565 g/mol. The molecular weight excluding hydrogens is 488 g/mol. The zero-order valence-electron chi connectivity index (χ0n) is 28.6. The van der Waals surface area contributed by atoms with Gasteiger partial charge in [0.05, 0.1) is 0 Å². The first-order chi connectivity index (χ1) is 19.5. The van der Waals surface area contributed by atoms with Gasteiger partial charge in [-0.25, -0.2) is 0 Å². The van der Waals surface area contributed by atoms with Crippen molar-refractivity contribution in [1.82, 2.24) is 0 Å². The Morgan fingerprint density at radius 3 is 1.15 bits per heavy atom. The molecule has 0 saturated heterocycles. The number of carbonyl (C=O) groups is 1. The van der Waals surface area contributed by atoms with Gasteiger partial charge < -0.3 is 4.74 Å². The lowest BCUT2D eigenvalue weighted by Crippen LogP contribution is -2.18. The van der Waals surface area contributed by atoms with Crippen molar-refractivity contribution >= 4 is 5.97 Å². The maximum absolute atomic E-state index is 12.7. The van der Waals surface area contributed by atoms with Gasteiger partial charge in [0.2, 0.25) is 0 Å². The van der Waals surface area contributed by atoms with Gasteiger partial charge in [0.25, 0.3) is 0 Å². The van der Waals surface area contributed by atoms with Crippen LogP contribution in [0, 0.1) is 11.8 Å². The van der Waals surface area contributed by atoms with Crippen LogP contribution < -0.4 is 0 Å². The molecule has 0 radical (unpaired) electrons. The summed E-state index contributed by atoms with van der Waals surface area (Å²) in [6.45, 7) is 11.7. The number of hydrogen-bond acceptors (Lipinski definition) is 2. The molecule has 40 heavy (non-hydrogen) atoms. The summed E-state index contributed by atoms with van der Waals surface area (Å²) < 4.78 is 6.03. The van der Waals surface area contributed by atoms with E-state index in [-0.39, 0.29) is 12.1 Å². The molecule has 0 bridgehead atoms. The standard InChI is InChI=1S/C38H76O2/c1-6-9-12-15-18-19-20-25-30-36(35(4)5)31-26-23-24-29-34-38(39)40-37(32-27-21-16-13-10-7-2)33-28-22-17-14-11-8-3/h35-37H,6-34H2,1-5H3. The molecule has 2 nitrogen and oxygen atoms in total. The predicted molar refractivity (Wildman–Crippen MR) is 179 cm³/mol. The molecule has 1 unspecified atom stereocenters. The summed E-state index contributed by atoms with van der Waals surface area (Å²) in [5.74, 6) is 1.75. The molecule has 2 heteroatoms. The third kappa shape index (κ3) is 27.6. The number of hydrogen-bond donors (Lipinski definition) is 0. The Hall–Kier alpha value is -0.530. The second-order valence-electron chi connectivity index (χ2n) is 13.4. The Kier molecular flexibility index (Phi) is 31.0. The highest BCUT2D eigenvalue weighted by atomic mass is 16.5. The van der Waals surface area contributed by atoms with Gasteiger partial charge >= 0.3 is 5.97 Å². The largest absolute Gasteiger partial charge is 0.462 e. The Balaban J connectivity index is 4.08. The summed E-state index contributed by atoms with van der Waals surface area (Å²) >= 11 is 0. The lowest BCUT2D eigenvalue weighted by molar-refractivity contribution is -0.150. The van der Waals surface area contributed by atoms with Crippen molar-refractivity contribution in [1.29, 1.82) is 0 Å². The van der Waals surface area contributed by atoms with Crippen molar-refractivity contribution in [3.8, 4) is 0 Å². The fourth-order valence-electron chi connectivity index (χ4n) is 6.19. The van der Waals surface area contributed by atoms with Gasteiger partial charge in [-0.1, -0.05) is 182 Å². The molecule has 0 saturated carbocycles. The molecule has 0 aliphatic carbocycles. The van der Waals surface area contributed by atoms with Crippen molar-refractivity contribution < 1.29 is 9.53 Å². The molecule has 0 aromatic carbocycles. The summed E-state index contributed by atoms with van der Waals surface area (Å²) in [5, 5.41) is 0. The molecular formula is C38H76O2. The Bertz CT molecular complexity index is 484. The van der Waals surface area contributed by atoms with Crippen LogP contribution in [0.4, 0.5) is 0 Å². The minimum atomic E-state index is 0.0664. The molecule has 0 fully saturated rings. The third-order valence-corrected chi connectivity index (χ3v) is 9.13. The van der Waals surface area contributed by atoms with Gasteiger partial charge in [-0.2, -0.15) is 0 Å². The van der Waals surface area contributed by atoms with E-state index in [1.165, 1.54) is 161 Å². The van der Waals surface area contributed by atoms with E-state index in [1.807, 2.05) is 0 Å². The first kappa shape index (κ1) is 39.5. The Morgan fingerprint density at radius 1 is 0.450 bits per heavy atom. The van der Waals surface area contributed by atoms with Crippen molar-refractivity contribution in [2.75, 3.05) is 0 Å². The number of esters is 1. The molecule has 0 aromatic rings. The van der Waals surface area contributed by atoms with Gasteiger partial charge in [-0.3, -0.25) is 4.79 Å².